The van der Waals surface area contributed by atoms with Gasteiger partial charge in [0.2, 0.25) is 0 Å². The van der Waals surface area contributed by atoms with E-state index in [9.17, 15) is 4.79 Å². The summed E-state index contributed by atoms with van der Waals surface area (Å²) in [6.07, 6.45) is 5.10. The Labute approximate surface area is 201 Å². The van der Waals surface area contributed by atoms with E-state index in [-0.39, 0.29) is 32.1 Å². The number of fused-ring (bicyclic) bond motifs is 1. The van der Waals surface area contributed by atoms with Crippen molar-refractivity contribution in [3.05, 3.63) is 53.6 Å². The molecule has 2 aromatic carbocycles. The second-order valence-corrected chi connectivity index (χ2v) is 8.98. The Balaban J connectivity index is 1.68. The first-order valence-corrected chi connectivity index (χ1v) is 11.8. The highest BCUT2D eigenvalue weighted by Crippen LogP contribution is 2.68. The van der Waals surface area contributed by atoms with Crippen LogP contribution < -0.4 is 14.2 Å². The van der Waals surface area contributed by atoms with Crippen LogP contribution in [-0.4, -0.2) is 47.5 Å². The number of ketones is 1. The summed E-state index contributed by atoms with van der Waals surface area (Å²) in [5, 5.41) is 0. The van der Waals surface area contributed by atoms with E-state index in [4.69, 9.17) is 28.4 Å². The zero-order valence-corrected chi connectivity index (χ0v) is 20.2. The molecular weight excluding hydrogens is 436 g/mol. The molecule has 2 saturated carbocycles. The number of carbonyl (C=O) groups excluding carboxylic acids is 1. The van der Waals surface area contributed by atoms with Crippen LogP contribution >= 0.6 is 0 Å². The van der Waals surface area contributed by atoms with Crippen LogP contribution in [0.3, 0.4) is 0 Å². The molecule has 7 nitrogen and oxygen atoms in total. The number of hydrogen-bond acceptors (Lipinski definition) is 7. The molecule has 34 heavy (non-hydrogen) atoms. The topological polar surface area (TPSA) is 72.5 Å². The van der Waals surface area contributed by atoms with Crippen molar-refractivity contribution >= 4 is 5.78 Å². The minimum Gasteiger partial charge on any atom is -0.468 e. The molecule has 0 aliphatic heterocycles. The molecule has 0 bridgehead atoms. The third kappa shape index (κ3) is 5.06. The molecular formula is C27H34O7. The molecule has 2 aliphatic carbocycles. The molecule has 2 aromatic rings. The van der Waals surface area contributed by atoms with Crippen LogP contribution in [0.2, 0.25) is 0 Å². The first-order chi connectivity index (χ1) is 16.6. The zero-order valence-electron chi connectivity index (χ0n) is 20.2. The van der Waals surface area contributed by atoms with Crippen molar-refractivity contribution in [1.29, 1.82) is 0 Å². The van der Waals surface area contributed by atoms with Crippen LogP contribution in [0.15, 0.2) is 42.5 Å². The van der Waals surface area contributed by atoms with E-state index in [0.717, 1.165) is 43.4 Å². The van der Waals surface area contributed by atoms with E-state index in [2.05, 4.69) is 0 Å². The highest BCUT2D eigenvalue weighted by molar-refractivity contribution is 6.03. The molecule has 0 spiro atoms. The normalized spacial score (nSPS) is 23.5. The number of Topliss-reactive ketones (excluding diaryl/α,β-unsaturated/α-hetero) is 1. The van der Waals surface area contributed by atoms with Crippen LogP contribution in [-0.2, 0) is 14.2 Å². The van der Waals surface area contributed by atoms with Gasteiger partial charge in [-0.05, 0) is 67.6 Å². The van der Waals surface area contributed by atoms with Gasteiger partial charge in [0.05, 0.1) is 0 Å². The van der Waals surface area contributed by atoms with Gasteiger partial charge in [-0.15, -0.1) is 0 Å². The van der Waals surface area contributed by atoms with Crippen LogP contribution in [0.5, 0.6) is 17.2 Å². The lowest BCUT2D eigenvalue weighted by Gasteiger charge is -2.29. The lowest BCUT2D eigenvalue weighted by atomic mass is 9.75. The summed E-state index contributed by atoms with van der Waals surface area (Å²) in [4.78, 5) is 14.0. The lowest BCUT2D eigenvalue weighted by Crippen LogP contribution is -2.26. The molecule has 184 valence electrons. The number of rotatable bonds is 12. The average molecular weight is 471 g/mol. The zero-order chi connectivity index (χ0) is 24.0. The van der Waals surface area contributed by atoms with E-state index < -0.39 is 5.41 Å². The van der Waals surface area contributed by atoms with E-state index >= 15 is 0 Å². The van der Waals surface area contributed by atoms with Crippen molar-refractivity contribution in [3.63, 3.8) is 0 Å². The molecule has 0 amide bonds. The standard InChI is InChI=1S/C27H34O7/c1-29-16-32-21-10-8-19(9-11-21)26(28)27-15-20(27)6-4-5-7-24(27)23-14-22(33-17-30-2)12-13-25(23)34-18-31-3/h8-14,20,24H,4-7,15-18H2,1-3H3/t20?,24-,27?/m0/s1. The molecule has 2 aliphatic rings. The monoisotopic (exact) mass is 470 g/mol. The van der Waals surface area contributed by atoms with Crippen molar-refractivity contribution in [1.82, 2.24) is 0 Å². The number of benzene rings is 2. The number of methoxy groups -OCH3 is 3. The lowest BCUT2D eigenvalue weighted by molar-refractivity contribution is 0.0470. The van der Waals surface area contributed by atoms with Crippen molar-refractivity contribution in [2.45, 2.75) is 38.0 Å². The summed E-state index contributed by atoms with van der Waals surface area (Å²) >= 11 is 0. The molecule has 7 heteroatoms. The Morgan fingerprint density at radius 2 is 1.44 bits per heavy atom. The minimum absolute atomic E-state index is 0.0369. The van der Waals surface area contributed by atoms with Crippen LogP contribution in [0.4, 0.5) is 0 Å². The highest BCUT2D eigenvalue weighted by Gasteiger charge is 2.64. The summed E-state index contributed by atoms with van der Waals surface area (Å²) in [6, 6.07) is 13.2. The molecule has 2 unspecified atom stereocenters. The van der Waals surface area contributed by atoms with Crippen molar-refractivity contribution < 1.29 is 33.2 Å². The van der Waals surface area contributed by atoms with Gasteiger partial charge in [0, 0.05) is 43.8 Å². The first-order valence-electron chi connectivity index (χ1n) is 11.8. The van der Waals surface area contributed by atoms with Gasteiger partial charge in [-0.3, -0.25) is 4.79 Å². The molecule has 0 saturated heterocycles. The molecule has 3 atom stereocenters. The number of ether oxygens (including phenoxy) is 6. The fraction of sp³-hybridized carbons (Fsp3) is 0.519. The highest BCUT2D eigenvalue weighted by atomic mass is 16.7. The maximum atomic E-state index is 14.0. The Kier molecular flexibility index (Phi) is 8.08. The summed E-state index contributed by atoms with van der Waals surface area (Å²) in [7, 11) is 4.77. The Morgan fingerprint density at radius 3 is 2.15 bits per heavy atom. The predicted molar refractivity (Wildman–Crippen MR) is 126 cm³/mol. The van der Waals surface area contributed by atoms with Gasteiger partial charge >= 0.3 is 0 Å². The van der Waals surface area contributed by atoms with Crippen LogP contribution in [0, 0.1) is 11.3 Å². The third-order valence-electron chi connectivity index (χ3n) is 6.98. The first kappa shape index (κ1) is 24.5. The third-order valence-corrected chi connectivity index (χ3v) is 6.98. The molecule has 4 rings (SSSR count). The van der Waals surface area contributed by atoms with Crippen molar-refractivity contribution in [2.75, 3.05) is 41.7 Å². The fourth-order valence-electron chi connectivity index (χ4n) is 5.37. The molecule has 0 N–H and O–H groups in total. The van der Waals surface area contributed by atoms with Gasteiger partial charge in [-0.1, -0.05) is 12.8 Å². The van der Waals surface area contributed by atoms with Gasteiger partial charge in [-0.25, -0.2) is 0 Å². The van der Waals surface area contributed by atoms with Crippen LogP contribution in [0.1, 0.15) is 53.9 Å². The molecule has 0 radical (unpaired) electrons. The van der Waals surface area contributed by atoms with Gasteiger partial charge < -0.3 is 28.4 Å². The molecule has 0 aromatic heterocycles. The summed E-state index contributed by atoms with van der Waals surface area (Å²) < 4.78 is 32.4. The van der Waals surface area contributed by atoms with Gasteiger partial charge in [0.15, 0.2) is 26.2 Å². The van der Waals surface area contributed by atoms with Gasteiger partial charge in [0.1, 0.15) is 17.2 Å². The maximum absolute atomic E-state index is 14.0. The van der Waals surface area contributed by atoms with E-state index in [1.54, 1.807) is 21.3 Å². The van der Waals surface area contributed by atoms with E-state index in [1.807, 2.05) is 42.5 Å². The smallest absolute Gasteiger partial charge is 0.188 e. The summed E-state index contributed by atoms with van der Waals surface area (Å²) in [5.74, 6) is 2.72. The molecule has 0 heterocycles. The minimum atomic E-state index is -0.434. The van der Waals surface area contributed by atoms with Crippen molar-refractivity contribution in [3.8, 4) is 17.2 Å². The Hall–Kier alpha value is -2.61. The quantitative estimate of drug-likeness (QED) is 0.313. The number of carbonyl (C=O) groups is 1. The average Bonchev–Trinajstić information content (AvgIpc) is 3.61. The maximum Gasteiger partial charge on any atom is 0.188 e. The second-order valence-electron chi connectivity index (χ2n) is 8.98. The Morgan fingerprint density at radius 1 is 0.824 bits per heavy atom. The largest absolute Gasteiger partial charge is 0.468 e. The Bertz CT molecular complexity index is 958. The van der Waals surface area contributed by atoms with E-state index in [0.29, 0.717) is 23.0 Å². The van der Waals surface area contributed by atoms with Gasteiger partial charge in [0.25, 0.3) is 0 Å². The summed E-state index contributed by atoms with van der Waals surface area (Å²) in [5.41, 5.74) is 1.28. The van der Waals surface area contributed by atoms with Crippen LogP contribution in [0.25, 0.3) is 0 Å². The fourth-order valence-corrected chi connectivity index (χ4v) is 5.37. The predicted octanol–water partition coefficient (Wildman–Crippen LogP) is 5.18. The second kappa shape index (κ2) is 11.2. The number of hydrogen-bond donors (Lipinski definition) is 0. The molecule has 2 fully saturated rings. The van der Waals surface area contributed by atoms with Crippen molar-refractivity contribution in [2.24, 2.45) is 11.3 Å². The van der Waals surface area contributed by atoms with E-state index in [1.165, 1.54) is 0 Å². The SMILES string of the molecule is COCOc1ccc(C(=O)C23CC2CCCC[C@H]3c2cc(OCOC)ccc2OCOC)cc1. The summed E-state index contributed by atoms with van der Waals surface area (Å²) in [6.45, 7) is 0.477. The van der Waals surface area contributed by atoms with Gasteiger partial charge in [-0.2, -0.15) is 0 Å².